The Morgan fingerprint density at radius 3 is 2.80 bits per heavy atom. The predicted molar refractivity (Wildman–Crippen MR) is 75.0 cm³/mol. The molecule has 20 heavy (non-hydrogen) atoms. The van der Waals surface area contributed by atoms with Crippen LogP contribution < -0.4 is 20.1 Å². The maximum Gasteiger partial charge on any atom is 0.220 e. The Morgan fingerprint density at radius 2 is 2.10 bits per heavy atom. The van der Waals surface area contributed by atoms with Gasteiger partial charge in [0, 0.05) is 6.42 Å². The minimum Gasteiger partial charge on any atom is -0.486 e. The van der Waals surface area contributed by atoms with Crippen molar-refractivity contribution in [2.75, 3.05) is 26.3 Å². The molecule has 3 rings (SSSR count). The predicted octanol–water partition coefficient (Wildman–Crippen LogP) is 1.24. The lowest BCUT2D eigenvalue weighted by atomic mass is 9.98. The van der Waals surface area contributed by atoms with Gasteiger partial charge in [-0.25, -0.2) is 0 Å². The fraction of sp³-hybridized carbons (Fsp3) is 0.533. The van der Waals surface area contributed by atoms with Crippen molar-refractivity contribution in [2.24, 2.45) is 5.92 Å². The van der Waals surface area contributed by atoms with Gasteiger partial charge in [0.05, 0.1) is 6.04 Å². The van der Waals surface area contributed by atoms with Crippen molar-refractivity contribution in [1.29, 1.82) is 0 Å². The number of hydrogen-bond donors (Lipinski definition) is 2. The van der Waals surface area contributed by atoms with Crippen molar-refractivity contribution in [3.63, 3.8) is 0 Å². The van der Waals surface area contributed by atoms with Crippen LogP contribution in [-0.4, -0.2) is 32.2 Å². The van der Waals surface area contributed by atoms with Gasteiger partial charge in [-0.3, -0.25) is 4.79 Å². The fourth-order valence-electron chi connectivity index (χ4n) is 2.47. The summed E-state index contributed by atoms with van der Waals surface area (Å²) in [5, 5.41) is 6.21. The van der Waals surface area contributed by atoms with Crippen molar-refractivity contribution in [3.8, 4) is 11.5 Å². The molecule has 5 heteroatoms. The zero-order valence-electron chi connectivity index (χ0n) is 11.6. The zero-order chi connectivity index (χ0) is 13.9. The van der Waals surface area contributed by atoms with Crippen LogP contribution in [0.15, 0.2) is 18.2 Å². The van der Waals surface area contributed by atoms with E-state index in [4.69, 9.17) is 9.47 Å². The molecular weight excluding hydrogens is 256 g/mol. The van der Waals surface area contributed by atoms with Crippen molar-refractivity contribution in [3.05, 3.63) is 23.8 Å². The van der Waals surface area contributed by atoms with Crippen molar-refractivity contribution in [1.82, 2.24) is 10.6 Å². The number of amides is 1. The maximum atomic E-state index is 11.9. The molecule has 1 atom stereocenters. The van der Waals surface area contributed by atoms with E-state index in [-0.39, 0.29) is 11.9 Å². The van der Waals surface area contributed by atoms with Crippen molar-refractivity contribution >= 4 is 5.91 Å². The van der Waals surface area contributed by atoms with Crippen molar-refractivity contribution < 1.29 is 14.3 Å². The number of hydrogen-bond acceptors (Lipinski definition) is 4. The topological polar surface area (TPSA) is 59.6 Å². The molecule has 0 bridgehead atoms. The van der Waals surface area contributed by atoms with E-state index in [2.05, 4.69) is 10.6 Å². The Hall–Kier alpha value is -1.75. The number of carbonyl (C=O) groups excluding carboxylic acids is 1. The third-order valence-corrected chi connectivity index (χ3v) is 3.78. The summed E-state index contributed by atoms with van der Waals surface area (Å²) < 4.78 is 11.1. The molecule has 0 aliphatic carbocycles. The van der Waals surface area contributed by atoms with E-state index in [1.54, 1.807) is 0 Å². The second-order valence-electron chi connectivity index (χ2n) is 5.42. The molecule has 2 N–H and O–H groups in total. The molecule has 1 amide bonds. The van der Waals surface area contributed by atoms with E-state index in [1.807, 2.05) is 25.1 Å². The van der Waals surface area contributed by atoms with E-state index >= 15 is 0 Å². The van der Waals surface area contributed by atoms with Gasteiger partial charge in [-0.15, -0.1) is 0 Å². The third-order valence-electron chi connectivity index (χ3n) is 3.78. The molecule has 1 aromatic carbocycles. The van der Waals surface area contributed by atoms with Gasteiger partial charge in [0.15, 0.2) is 11.5 Å². The van der Waals surface area contributed by atoms with Gasteiger partial charge >= 0.3 is 0 Å². The Morgan fingerprint density at radius 1 is 1.35 bits per heavy atom. The molecule has 0 aromatic heterocycles. The number of carbonyl (C=O) groups is 1. The second kappa shape index (κ2) is 5.71. The largest absolute Gasteiger partial charge is 0.486 e. The first-order valence-electron chi connectivity index (χ1n) is 7.12. The minimum atomic E-state index is -0.0219. The normalized spacial score (nSPS) is 19.1. The monoisotopic (exact) mass is 276 g/mol. The SMILES string of the molecule is CC(NC(=O)CC1CNC1)c1ccc2c(c1)OCCO2. The highest BCUT2D eigenvalue weighted by Gasteiger charge is 2.21. The lowest BCUT2D eigenvalue weighted by Crippen LogP contribution is -2.44. The standard InChI is InChI=1S/C15H20N2O3/c1-10(17-15(18)6-11-8-16-9-11)12-2-3-13-14(7-12)20-5-4-19-13/h2-3,7,10-11,16H,4-6,8-9H2,1H3,(H,17,18). The molecule has 5 nitrogen and oxygen atoms in total. The van der Waals surface area contributed by atoms with Gasteiger partial charge in [0.25, 0.3) is 0 Å². The first-order valence-corrected chi connectivity index (χ1v) is 7.12. The molecule has 2 heterocycles. The van der Waals surface area contributed by atoms with Crippen LogP contribution in [0.1, 0.15) is 24.9 Å². The number of fused-ring (bicyclic) bond motifs is 1. The number of benzene rings is 1. The summed E-state index contributed by atoms with van der Waals surface area (Å²) in [7, 11) is 0. The Kier molecular flexibility index (Phi) is 3.78. The van der Waals surface area contributed by atoms with Crippen LogP contribution in [0.25, 0.3) is 0 Å². The first kappa shape index (κ1) is 13.2. The van der Waals surface area contributed by atoms with Crippen molar-refractivity contribution in [2.45, 2.75) is 19.4 Å². The molecule has 2 aliphatic rings. The average molecular weight is 276 g/mol. The molecule has 0 saturated carbocycles. The average Bonchev–Trinajstić information content (AvgIpc) is 2.42. The summed E-state index contributed by atoms with van der Waals surface area (Å²) in [5.41, 5.74) is 1.04. The summed E-state index contributed by atoms with van der Waals surface area (Å²) in [6.45, 7) is 5.06. The minimum absolute atomic E-state index is 0.0219. The van der Waals surface area contributed by atoms with Gasteiger partial charge in [-0.2, -0.15) is 0 Å². The summed E-state index contributed by atoms with van der Waals surface area (Å²) in [5.74, 6) is 2.14. The van der Waals surface area contributed by atoms with E-state index < -0.39 is 0 Å². The van der Waals surface area contributed by atoms with Gasteiger partial charge < -0.3 is 20.1 Å². The highest BCUT2D eigenvalue weighted by atomic mass is 16.6. The van der Waals surface area contributed by atoms with Gasteiger partial charge in [0.1, 0.15) is 13.2 Å². The Labute approximate surface area is 118 Å². The van der Waals surface area contributed by atoms with E-state index in [0.717, 1.165) is 30.2 Å². The summed E-state index contributed by atoms with van der Waals surface area (Å²) in [6, 6.07) is 5.81. The molecule has 0 spiro atoms. The third kappa shape index (κ3) is 2.88. The van der Waals surface area contributed by atoms with Crippen LogP contribution in [0.4, 0.5) is 0 Å². The molecule has 1 fully saturated rings. The van der Waals surface area contributed by atoms with E-state index in [0.29, 0.717) is 25.6 Å². The molecule has 0 radical (unpaired) electrons. The number of ether oxygens (including phenoxy) is 2. The summed E-state index contributed by atoms with van der Waals surface area (Å²) >= 11 is 0. The van der Waals surface area contributed by atoms with Crippen LogP contribution >= 0.6 is 0 Å². The van der Waals surface area contributed by atoms with Gasteiger partial charge in [-0.05, 0) is 43.6 Å². The molecule has 108 valence electrons. The Bertz CT molecular complexity index is 500. The highest BCUT2D eigenvalue weighted by Crippen LogP contribution is 2.32. The van der Waals surface area contributed by atoms with Gasteiger partial charge in [0.2, 0.25) is 5.91 Å². The second-order valence-corrected chi connectivity index (χ2v) is 5.42. The highest BCUT2D eigenvalue weighted by molar-refractivity contribution is 5.76. The zero-order valence-corrected chi connectivity index (χ0v) is 11.6. The van der Waals surface area contributed by atoms with Gasteiger partial charge in [-0.1, -0.05) is 6.07 Å². The van der Waals surface area contributed by atoms with Crippen LogP contribution in [0.3, 0.4) is 0 Å². The van der Waals surface area contributed by atoms with E-state index in [9.17, 15) is 4.79 Å². The summed E-state index contributed by atoms with van der Waals surface area (Å²) in [6.07, 6.45) is 0.599. The van der Waals surface area contributed by atoms with Crippen LogP contribution in [0.5, 0.6) is 11.5 Å². The fourth-order valence-corrected chi connectivity index (χ4v) is 2.47. The number of nitrogens with one attached hydrogen (secondary N) is 2. The number of rotatable bonds is 4. The molecular formula is C15H20N2O3. The quantitative estimate of drug-likeness (QED) is 0.869. The van der Waals surface area contributed by atoms with Crippen LogP contribution in [-0.2, 0) is 4.79 Å². The molecule has 1 aromatic rings. The van der Waals surface area contributed by atoms with Crippen LogP contribution in [0.2, 0.25) is 0 Å². The molecule has 2 aliphatic heterocycles. The Balaban J connectivity index is 1.61. The maximum absolute atomic E-state index is 11.9. The lowest BCUT2D eigenvalue weighted by molar-refractivity contribution is -0.123. The smallest absolute Gasteiger partial charge is 0.220 e. The first-order chi connectivity index (χ1) is 9.72. The van der Waals surface area contributed by atoms with Crippen LogP contribution in [0, 0.1) is 5.92 Å². The summed E-state index contributed by atoms with van der Waals surface area (Å²) in [4.78, 5) is 11.9. The molecule has 1 unspecified atom stereocenters. The van der Waals surface area contributed by atoms with E-state index in [1.165, 1.54) is 0 Å². The lowest BCUT2D eigenvalue weighted by Gasteiger charge is -2.27. The molecule has 1 saturated heterocycles.